The molecule has 0 saturated carbocycles. The first-order valence-corrected chi connectivity index (χ1v) is 6.81. The van der Waals surface area contributed by atoms with Gasteiger partial charge in [0.05, 0.1) is 11.8 Å². The number of aliphatic carboxylic acids is 1. The van der Waals surface area contributed by atoms with Gasteiger partial charge in [-0.3, -0.25) is 9.59 Å². The SMILES string of the molecule is C/C=C\CC(CC)C(=O)OC1C=CC(C(=O)O)CC1. The van der Waals surface area contributed by atoms with E-state index < -0.39 is 11.9 Å². The van der Waals surface area contributed by atoms with E-state index in [1.165, 1.54) is 0 Å². The van der Waals surface area contributed by atoms with Crippen molar-refractivity contribution >= 4 is 11.9 Å². The summed E-state index contributed by atoms with van der Waals surface area (Å²) in [4.78, 5) is 22.7. The Kier molecular flexibility index (Phi) is 6.33. The molecule has 106 valence electrons. The molecule has 3 unspecified atom stereocenters. The van der Waals surface area contributed by atoms with Crippen LogP contribution in [-0.4, -0.2) is 23.1 Å². The van der Waals surface area contributed by atoms with Crippen molar-refractivity contribution in [3.8, 4) is 0 Å². The van der Waals surface area contributed by atoms with Crippen molar-refractivity contribution in [2.75, 3.05) is 0 Å². The predicted octanol–water partition coefficient (Wildman–Crippen LogP) is 2.94. The summed E-state index contributed by atoms with van der Waals surface area (Å²) in [5.41, 5.74) is 0. The Morgan fingerprint density at radius 1 is 1.42 bits per heavy atom. The number of hydrogen-bond acceptors (Lipinski definition) is 3. The van der Waals surface area contributed by atoms with E-state index >= 15 is 0 Å². The predicted molar refractivity (Wildman–Crippen MR) is 72.6 cm³/mol. The third-order valence-electron chi connectivity index (χ3n) is 3.39. The molecule has 1 aliphatic carbocycles. The highest BCUT2D eigenvalue weighted by atomic mass is 16.5. The molecule has 3 atom stereocenters. The Balaban J connectivity index is 2.49. The van der Waals surface area contributed by atoms with Crippen LogP contribution >= 0.6 is 0 Å². The second-order valence-electron chi connectivity index (χ2n) is 4.79. The quantitative estimate of drug-likeness (QED) is 0.593. The minimum atomic E-state index is -0.819. The van der Waals surface area contributed by atoms with Gasteiger partial charge in [0, 0.05) is 0 Å². The first kappa shape index (κ1) is 15.5. The second-order valence-corrected chi connectivity index (χ2v) is 4.79. The van der Waals surface area contributed by atoms with Gasteiger partial charge in [0.1, 0.15) is 6.10 Å². The van der Waals surface area contributed by atoms with Gasteiger partial charge in [-0.25, -0.2) is 0 Å². The molecule has 0 heterocycles. The van der Waals surface area contributed by atoms with E-state index in [1.54, 1.807) is 12.2 Å². The van der Waals surface area contributed by atoms with Gasteiger partial charge in [-0.1, -0.05) is 25.2 Å². The Bertz CT molecular complexity index is 370. The van der Waals surface area contributed by atoms with Crippen molar-refractivity contribution in [2.45, 2.75) is 45.6 Å². The zero-order valence-corrected chi connectivity index (χ0v) is 11.5. The molecule has 19 heavy (non-hydrogen) atoms. The number of carboxylic acids is 1. The third-order valence-corrected chi connectivity index (χ3v) is 3.39. The molecule has 1 aliphatic rings. The maximum atomic E-state index is 12.0. The fraction of sp³-hybridized carbons (Fsp3) is 0.600. The van der Waals surface area contributed by atoms with Crippen LogP contribution in [0.15, 0.2) is 24.3 Å². The third kappa shape index (κ3) is 4.89. The molecule has 0 spiro atoms. The molecule has 0 saturated heterocycles. The van der Waals surface area contributed by atoms with Crippen molar-refractivity contribution in [1.29, 1.82) is 0 Å². The molecule has 0 aromatic heterocycles. The molecule has 4 heteroatoms. The Labute approximate surface area is 114 Å². The zero-order chi connectivity index (χ0) is 14.3. The van der Waals surface area contributed by atoms with Crippen LogP contribution in [0.5, 0.6) is 0 Å². The van der Waals surface area contributed by atoms with Crippen LogP contribution in [0.1, 0.15) is 39.5 Å². The van der Waals surface area contributed by atoms with Crippen LogP contribution in [0.2, 0.25) is 0 Å². The summed E-state index contributed by atoms with van der Waals surface area (Å²) in [7, 11) is 0. The molecule has 0 amide bonds. The number of carbonyl (C=O) groups is 2. The molecular weight excluding hydrogens is 244 g/mol. The fourth-order valence-electron chi connectivity index (χ4n) is 2.07. The zero-order valence-electron chi connectivity index (χ0n) is 11.5. The van der Waals surface area contributed by atoms with E-state index in [0.29, 0.717) is 19.3 Å². The van der Waals surface area contributed by atoms with E-state index in [1.807, 2.05) is 26.0 Å². The number of carbonyl (C=O) groups excluding carboxylic acids is 1. The molecule has 0 aromatic rings. The second kappa shape index (κ2) is 7.77. The highest BCUT2D eigenvalue weighted by Gasteiger charge is 2.25. The number of hydrogen-bond donors (Lipinski definition) is 1. The highest BCUT2D eigenvalue weighted by molar-refractivity contribution is 5.74. The molecule has 0 fully saturated rings. The molecular formula is C15H22O4. The summed E-state index contributed by atoms with van der Waals surface area (Å²) < 4.78 is 5.42. The number of ether oxygens (including phenoxy) is 1. The van der Waals surface area contributed by atoms with Gasteiger partial charge in [0.15, 0.2) is 0 Å². The highest BCUT2D eigenvalue weighted by Crippen LogP contribution is 2.22. The lowest BCUT2D eigenvalue weighted by atomic mass is 9.94. The van der Waals surface area contributed by atoms with Crippen LogP contribution in [0, 0.1) is 11.8 Å². The first-order valence-electron chi connectivity index (χ1n) is 6.81. The summed E-state index contributed by atoms with van der Waals surface area (Å²) in [5, 5.41) is 8.86. The average Bonchev–Trinajstić information content (AvgIpc) is 2.40. The maximum Gasteiger partial charge on any atom is 0.310 e. The van der Waals surface area contributed by atoms with Crippen molar-refractivity contribution in [1.82, 2.24) is 0 Å². The minimum absolute atomic E-state index is 0.109. The van der Waals surface area contributed by atoms with Crippen LogP contribution < -0.4 is 0 Å². The fourth-order valence-corrected chi connectivity index (χ4v) is 2.07. The summed E-state index contributed by atoms with van der Waals surface area (Å²) >= 11 is 0. The molecule has 4 nitrogen and oxygen atoms in total. The van der Waals surface area contributed by atoms with E-state index in [4.69, 9.17) is 9.84 Å². The smallest absolute Gasteiger partial charge is 0.310 e. The minimum Gasteiger partial charge on any atom is -0.481 e. The topological polar surface area (TPSA) is 63.6 Å². The lowest BCUT2D eigenvalue weighted by Gasteiger charge is -2.22. The average molecular weight is 266 g/mol. The number of allylic oxidation sites excluding steroid dienone is 2. The lowest BCUT2D eigenvalue weighted by molar-refractivity contribution is -0.152. The van der Waals surface area contributed by atoms with E-state index in [0.717, 1.165) is 6.42 Å². The Hall–Kier alpha value is -1.58. The van der Waals surface area contributed by atoms with Gasteiger partial charge < -0.3 is 9.84 Å². The van der Waals surface area contributed by atoms with Gasteiger partial charge in [0.2, 0.25) is 0 Å². The molecule has 1 rings (SSSR count). The monoisotopic (exact) mass is 266 g/mol. The molecule has 0 aromatic carbocycles. The van der Waals surface area contributed by atoms with Gasteiger partial charge in [-0.2, -0.15) is 0 Å². The van der Waals surface area contributed by atoms with Crippen molar-refractivity contribution < 1.29 is 19.4 Å². The number of esters is 1. The number of carboxylic acid groups (broad SMARTS) is 1. The summed E-state index contributed by atoms with van der Waals surface area (Å²) in [6.07, 6.45) is 9.48. The van der Waals surface area contributed by atoms with Crippen molar-refractivity contribution in [3.63, 3.8) is 0 Å². The van der Waals surface area contributed by atoms with Gasteiger partial charge >= 0.3 is 11.9 Å². The summed E-state index contributed by atoms with van der Waals surface area (Å²) in [5.74, 6) is -1.56. The standard InChI is InChI=1S/C15H22O4/c1-3-5-6-11(4-2)15(18)19-13-9-7-12(8-10-13)14(16)17/h3,5,7,9,11-13H,4,6,8,10H2,1-2H3,(H,16,17)/b5-3-. The van der Waals surface area contributed by atoms with E-state index in [9.17, 15) is 9.59 Å². The van der Waals surface area contributed by atoms with Gasteiger partial charge in [-0.05, 0) is 38.7 Å². The molecule has 1 N–H and O–H groups in total. The largest absolute Gasteiger partial charge is 0.481 e. The van der Waals surface area contributed by atoms with Crippen molar-refractivity contribution in [2.24, 2.45) is 11.8 Å². The summed E-state index contributed by atoms with van der Waals surface area (Å²) in [6.45, 7) is 3.89. The van der Waals surface area contributed by atoms with Crippen molar-refractivity contribution in [3.05, 3.63) is 24.3 Å². The van der Waals surface area contributed by atoms with Crippen LogP contribution in [0.3, 0.4) is 0 Å². The van der Waals surface area contributed by atoms with E-state index in [2.05, 4.69) is 0 Å². The Morgan fingerprint density at radius 2 is 2.16 bits per heavy atom. The summed E-state index contributed by atoms with van der Waals surface area (Å²) in [6, 6.07) is 0. The maximum absolute atomic E-state index is 12.0. The molecule has 0 aliphatic heterocycles. The van der Waals surface area contributed by atoms with Gasteiger partial charge in [0.25, 0.3) is 0 Å². The molecule has 0 radical (unpaired) electrons. The van der Waals surface area contributed by atoms with Gasteiger partial charge in [-0.15, -0.1) is 0 Å². The molecule has 0 bridgehead atoms. The van der Waals surface area contributed by atoms with Crippen LogP contribution in [0.25, 0.3) is 0 Å². The van der Waals surface area contributed by atoms with Crippen LogP contribution in [-0.2, 0) is 14.3 Å². The van der Waals surface area contributed by atoms with Crippen LogP contribution in [0.4, 0.5) is 0 Å². The van der Waals surface area contributed by atoms with E-state index in [-0.39, 0.29) is 18.0 Å². The lowest BCUT2D eigenvalue weighted by Crippen LogP contribution is -2.26. The number of rotatable bonds is 6. The Morgan fingerprint density at radius 3 is 2.63 bits per heavy atom. The normalized spacial score (nSPS) is 24.3. The first-order chi connectivity index (χ1) is 9.08.